The molecule has 0 bridgehead atoms. The number of hydrogen-bond donors (Lipinski definition) is 1. The van der Waals surface area contributed by atoms with Crippen molar-refractivity contribution in [3.8, 4) is 0 Å². The van der Waals surface area contributed by atoms with Crippen molar-refractivity contribution in [2.24, 2.45) is 0 Å². The SMILES string of the molecule is C[C@H]1CN(C(=O)c2ccc([N+](=O)[O-])o2)CCN1.Cl. The summed E-state index contributed by atoms with van der Waals surface area (Å²) in [6.45, 7) is 3.85. The van der Waals surface area contributed by atoms with Gasteiger partial charge in [-0.1, -0.05) is 0 Å². The van der Waals surface area contributed by atoms with E-state index in [-0.39, 0.29) is 30.1 Å². The van der Waals surface area contributed by atoms with Gasteiger partial charge in [-0.05, 0) is 13.0 Å². The van der Waals surface area contributed by atoms with E-state index in [1.165, 1.54) is 12.1 Å². The summed E-state index contributed by atoms with van der Waals surface area (Å²) in [7, 11) is 0. The molecule has 0 spiro atoms. The number of amides is 1. The summed E-state index contributed by atoms with van der Waals surface area (Å²) >= 11 is 0. The lowest BCUT2D eigenvalue weighted by atomic mass is 10.2. The first-order valence-corrected chi connectivity index (χ1v) is 5.35. The second-order valence-electron chi connectivity index (χ2n) is 4.00. The van der Waals surface area contributed by atoms with E-state index in [4.69, 9.17) is 4.42 Å². The van der Waals surface area contributed by atoms with Crippen LogP contribution in [0.15, 0.2) is 16.5 Å². The number of carbonyl (C=O) groups is 1. The van der Waals surface area contributed by atoms with Crippen LogP contribution in [0.1, 0.15) is 17.5 Å². The predicted molar refractivity (Wildman–Crippen MR) is 66.0 cm³/mol. The smallest absolute Gasteiger partial charge is 0.395 e. The molecule has 0 aromatic carbocycles. The molecule has 0 radical (unpaired) electrons. The number of halogens is 1. The van der Waals surface area contributed by atoms with Gasteiger partial charge in [-0.2, -0.15) is 0 Å². The summed E-state index contributed by atoms with van der Waals surface area (Å²) < 4.78 is 4.88. The first-order valence-electron chi connectivity index (χ1n) is 5.35. The van der Waals surface area contributed by atoms with Crippen molar-refractivity contribution >= 4 is 24.2 Å². The Hall–Kier alpha value is -1.60. The van der Waals surface area contributed by atoms with E-state index >= 15 is 0 Å². The summed E-state index contributed by atoms with van der Waals surface area (Å²) in [6, 6.07) is 2.75. The van der Waals surface area contributed by atoms with Gasteiger partial charge in [-0.3, -0.25) is 14.9 Å². The van der Waals surface area contributed by atoms with Crippen LogP contribution in [0.25, 0.3) is 0 Å². The monoisotopic (exact) mass is 275 g/mol. The molecule has 1 aromatic heterocycles. The zero-order chi connectivity index (χ0) is 12.4. The molecule has 1 aliphatic heterocycles. The standard InChI is InChI=1S/C10H13N3O4.ClH/c1-7-6-12(5-4-11-7)10(14)8-2-3-9(17-8)13(15)16;/h2-3,7,11H,4-6H2,1H3;1H/t7-;/m0./s1. The van der Waals surface area contributed by atoms with Gasteiger partial charge >= 0.3 is 5.88 Å². The minimum Gasteiger partial charge on any atom is -0.395 e. The number of nitrogens with one attached hydrogen (secondary N) is 1. The minimum absolute atomic E-state index is 0. The first kappa shape index (κ1) is 14.5. The number of furan rings is 1. The fraction of sp³-hybridized carbons (Fsp3) is 0.500. The topological polar surface area (TPSA) is 88.6 Å². The molecule has 0 aliphatic carbocycles. The lowest BCUT2D eigenvalue weighted by molar-refractivity contribution is -0.402. The maximum absolute atomic E-state index is 12.0. The molecule has 8 heteroatoms. The lowest BCUT2D eigenvalue weighted by Gasteiger charge is -2.31. The van der Waals surface area contributed by atoms with Gasteiger partial charge in [0.15, 0.2) is 5.76 Å². The summed E-state index contributed by atoms with van der Waals surface area (Å²) in [5.74, 6) is -0.686. The van der Waals surface area contributed by atoms with Crippen LogP contribution in [0.5, 0.6) is 0 Å². The second-order valence-corrected chi connectivity index (χ2v) is 4.00. The van der Waals surface area contributed by atoms with Gasteiger partial charge < -0.3 is 14.6 Å². The van der Waals surface area contributed by atoms with Crippen LogP contribution < -0.4 is 5.32 Å². The Kier molecular flexibility index (Phi) is 4.69. The van der Waals surface area contributed by atoms with Crippen molar-refractivity contribution < 1.29 is 14.1 Å². The van der Waals surface area contributed by atoms with Crippen LogP contribution in [0.3, 0.4) is 0 Å². The van der Waals surface area contributed by atoms with Gasteiger partial charge in [-0.15, -0.1) is 12.4 Å². The number of nitro groups is 1. The molecule has 18 heavy (non-hydrogen) atoms. The number of piperazine rings is 1. The van der Waals surface area contributed by atoms with Crippen molar-refractivity contribution in [1.29, 1.82) is 0 Å². The fourth-order valence-electron chi connectivity index (χ4n) is 1.81. The van der Waals surface area contributed by atoms with Crippen molar-refractivity contribution in [2.75, 3.05) is 19.6 Å². The first-order chi connectivity index (χ1) is 8.08. The zero-order valence-electron chi connectivity index (χ0n) is 9.79. The molecule has 7 nitrogen and oxygen atoms in total. The van der Waals surface area contributed by atoms with Crippen molar-refractivity contribution in [3.63, 3.8) is 0 Å². The molecule has 0 unspecified atom stereocenters. The Morgan fingerprint density at radius 1 is 1.61 bits per heavy atom. The highest BCUT2D eigenvalue weighted by Gasteiger charge is 2.25. The summed E-state index contributed by atoms with van der Waals surface area (Å²) in [6.07, 6.45) is 0. The molecule has 1 fully saturated rings. The number of rotatable bonds is 2. The van der Waals surface area contributed by atoms with Crippen LogP contribution in [0, 0.1) is 10.1 Å². The second kappa shape index (κ2) is 5.83. The average molecular weight is 276 g/mol. The number of hydrogen-bond acceptors (Lipinski definition) is 5. The van der Waals surface area contributed by atoms with Gasteiger partial charge in [0.1, 0.15) is 4.92 Å². The quantitative estimate of drug-likeness (QED) is 0.643. The molecule has 1 amide bonds. The van der Waals surface area contributed by atoms with Gasteiger partial charge in [0, 0.05) is 25.7 Å². The maximum atomic E-state index is 12.0. The van der Waals surface area contributed by atoms with Crippen LogP contribution in [0.4, 0.5) is 5.88 Å². The predicted octanol–water partition coefficient (Wildman–Crippen LogP) is 1.04. The molecule has 100 valence electrons. The molecule has 1 atom stereocenters. The van der Waals surface area contributed by atoms with E-state index in [2.05, 4.69) is 5.32 Å². The van der Waals surface area contributed by atoms with Gasteiger partial charge in [0.2, 0.25) is 0 Å². The molecule has 1 N–H and O–H groups in total. The third-order valence-corrected chi connectivity index (χ3v) is 2.64. The van der Waals surface area contributed by atoms with Crippen molar-refractivity contribution in [1.82, 2.24) is 10.2 Å². The largest absolute Gasteiger partial charge is 0.433 e. The third-order valence-electron chi connectivity index (χ3n) is 2.64. The Morgan fingerprint density at radius 3 is 2.89 bits per heavy atom. The third kappa shape index (κ3) is 2.99. The highest BCUT2D eigenvalue weighted by molar-refractivity contribution is 5.91. The van der Waals surface area contributed by atoms with E-state index in [9.17, 15) is 14.9 Å². The Balaban J connectivity index is 0.00000162. The summed E-state index contributed by atoms with van der Waals surface area (Å²) in [5, 5.41) is 13.7. The van der Waals surface area contributed by atoms with Gasteiger partial charge in [0.05, 0.1) is 6.07 Å². The van der Waals surface area contributed by atoms with Crippen molar-refractivity contribution in [3.05, 3.63) is 28.0 Å². The maximum Gasteiger partial charge on any atom is 0.433 e. The van der Waals surface area contributed by atoms with Gasteiger partial charge in [-0.25, -0.2) is 0 Å². The Labute approximate surface area is 110 Å². The fourth-order valence-corrected chi connectivity index (χ4v) is 1.81. The zero-order valence-corrected chi connectivity index (χ0v) is 10.6. The normalized spacial score (nSPS) is 19.2. The molecule has 0 saturated carbocycles. The molecular weight excluding hydrogens is 262 g/mol. The Bertz CT molecular complexity index is 448. The summed E-state index contributed by atoms with van der Waals surface area (Å²) in [5.41, 5.74) is 0. The summed E-state index contributed by atoms with van der Waals surface area (Å²) in [4.78, 5) is 23.4. The molecule has 1 aromatic rings. The van der Waals surface area contributed by atoms with E-state index in [0.29, 0.717) is 13.1 Å². The lowest BCUT2D eigenvalue weighted by Crippen LogP contribution is -2.51. The number of carbonyl (C=O) groups excluding carboxylic acids is 1. The van der Waals surface area contributed by atoms with E-state index < -0.39 is 10.8 Å². The highest BCUT2D eigenvalue weighted by atomic mass is 35.5. The Morgan fingerprint density at radius 2 is 2.33 bits per heavy atom. The van der Waals surface area contributed by atoms with Gasteiger partial charge in [0.25, 0.3) is 5.91 Å². The average Bonchev–Trinajstić information content (AvgIpc) is 2.77. The van der Waals surface area contributed by atoms with E-state index in [0.717, 1.165) is 6.54 Å². The molecule has 2 rings (SSSR count). The van der Waals surface area contributed by atoms with Crippen LogP contribution in [0.2, 0.25) is 0 Å². The number of nitrogens with zero attached hydrogens (tertiary/aromatic N) is 2. The molecule has 1 aliphatic rings. The molecule has 1 saturated heterocycles. The highest BCUT2D eigenvalue weighted by Crippen LogP contribution is 2.17. The van der Waals surface area contributed by atoms with E-state index in [1.54, 1.807) is 4.90 Å². The van der Waals surface area contributed by atoms with Crippen molar-refractivity contribution in [2.45, 2.75) is 13.0 Å². The van der Waals surface area contributed by atoms with Crippen LogP contribution >= 0.6 is 12.4 Å². The van der Waals surface area contributed by atoms with Crippen LogP contribution in [-0.4, -0.2) is 41.4 Å². The molecule has 2 heterocycles. The minimum atomic E-state index is -0.656. The van der Waals surface area contributed by atoms with Crippen LogP contribution in [-0.2, 0) is 0 Å². The van der Waals surface area contributed by atoms with E-state index in [1.807, 2.05) is 6.92 Å². The molecular formula is C10H14ClN3O4.